The molecular formula is C10H11ClFN. The quantitative estimate of drug-likeness (QED) is 0.790. The first-order chi connectivity index (χ1) is 6.25. The van der Waals surface area contributed by atoms with Crippen molar-refractivity contribution >= 4 is 17.7 Å². The molecule has 1 N–H and O–H groups in total. The molecule has 70 valence electrons. The van der Waals surface area contributed by atoms with Crippen LogP contribution in [0.15, 0.2) is 24.3 Å². The van der Waals surface area contributed by atoms with Crippen LogP contribution in [0.2, 0.25) is 5.02 Å². The Morgan fingerprint density at radius 2 is 2.31 bits per heavy atom. The molecule has 0 unspecified atom stereocenters. The molecule has 0 aliphatic rings. The first-order valence-electron chi connectivity index (χ1n) is 4.01. The first-order valence-corrected chi connectivity index (χ1v) is 4.38. The predicted octanol–water partition coefficient (Wildman–Crippen LogP) is 2.71. The summed E-state index contributed by atoms with van der Waals surface area (Å²) in [6, 6.07) is 4.65. The number of hydrogen-bond donors (Lipinski definition) is 1. The van der Waals surface area contributed by atoms with E-state index in [2.05, 4.69) is 5.32 Å². The van der Waals surface area contributed by atoms with Crippen molar-refractivity contribution in [3.8, 4) is 0 Å². The van der Waals surface area contributed by atoms with Gasteiger partial charge in [0.05, 0.1) is 5.02 Å². The van der Waals surface area contributed by atoms with Crippen LogP contribution in [0.5, 0.6) is 0 Å². The Hall–Kier alpha value is -0.860. The van der Waals surface area contributed by atoms with Gasteiger partial charge in [-0.05, 0) is 19.2 Å². The van der Waals surface area contributed by atoms with Crippen LogP contribution < -0.4 is 5.32 Å². The molecule has 0 amide bonds. The molecule has 0 fully saturated rings. The fourth-order valence-corrected chi connectivity index (χ4v) is 1.19. The molecule has 0 radical (unpaired) electrons. The van der Waals surface area contributed by atoms with E-state index in [0.29, 0.717) is 17.1 Å². The largest absolute Gasteiger partial charge is 0.316 e. The molecule has 0 aliphatic heterocycles. The summed E-state index contributed by atoms with van der Waals surface area (Å²) in [5.74, 6) is -0.292. The molecule has 0 heterocycles. The fourth-order valence-electron chi connectivity index (χ4n) is 0.965. The minimum absolute atomic E-state index is 0.292. The van der Waals surface area contributed by atoms with Gasteiger partial charge >= 0.3 is 0 Å². The molecular weight excluding hydrogens is 189 g/mol. The van der Waals surface area contributed by atoms with Crippen molar-refractivity contribution in [1.29, 1.82) is 0 Å². The summed E-state index contributed by atoms with van der Waals surface area (Å²) in [7, 11) is 1.83. The second-order valence-corrected chi connectivity index (χ2v) is 3.00. The second kappa shape index (κ2) is 5.00. The zero-order chi connectivity index (χ0) is 9.68. The molecule has 0 atom stereocenters. The third-order valence-corrected chi connectivity index (χ3v) is 1.94. The van der Waals surface area contributed by atoms with Crippen molar-refractivity contribution in [2.45, 2.75) is 0 Å². The highest BCUT2D eigenvalue weighted by Gasteiger charge is 2.01. The van der Waals surface area contributed by atoms with Gasteiger partial charge in [-0.25, -0.2) is 4.39 Å². The van der Waals surface area contributed by atoms with Crippen LogP contribution in [-0.4, -0.2) is 13.6 Å². The number of nitrogens with one attached hydrogen (secondary N) is 1. The highest BCUT2D eigenvalue weighted by atomic mass is 35.5. The summed E-state index contributed by atoms with van der Waals surface area (Å²) in [6.07, 6.45) is 3.50. The van der Waals surface area contributed by atoms with Gasteiger partial charge in [-0.3, -0.25) is 0 Å². The van der Waals surface area contributed by atoms with Crippen LogP contribution in [0.25, 0.3) is 6.08 Å². The highest BCUT2D eigenvalue weighted by Crippen LogP contribution is 2.19. The van der Waals surface area contributed by atoms with E-state index in [9.17, 15) is 4.39 Å². The Kier molecular flexibility index (Phi) is 3.93. The molecule has 13 heavy (non-hydrogen) atoms. The molecule has 0 saturated carbocycles. The highest BCUT2D eigenvalue weighted by molar-refractivity contribution is 6.32. The smallest absolute Gasteiger partial charge is 0.131 e. The lowest BCUT2D eigenvalue weighted by atomic mass is 10.2. The van der Waals surface area contributed by atoms with Gasteiger partial charge in [-0.2, -0.15) is 0 Å². The number of hydrogen-bond acceptors (Lipinski definition) is 1. The van der Waals surface area contributed by atoms with Gasteiger partial charge in [0.15, 0.2) is 0 Å². The summed E-state index contributed by atoms with van der Waals surface area (Å²) in [5, 5.41) is 3.36. The molecule has 0 bridgehead atoms. The predicted molar refractivity (Wildman–Crippen MR) is 54.4 cm³/mol. The van der Waals surface area contributed by atoms with E-state index in [4.69, 9.17) is 11.6 Å². The van der Waals surface area contributed by atoms with E-state index in [-0.39, 0.29) is 5.82 Å². The van der Waals surface area contributed by atoms with Gasteiger partial charge in [-0.15, -0.1) is 0 Å². The topological polar surface area (TPSA) is 12.0 Å². The Morgan fingerprint density at radius 3 is 2.92 bits per heavy atom. The van der Waals surface area contributed by atoms with Crippen LogP contribution in [0.3, 0.4) is 0 Å². The average molecular weight is 200 g/mol. The lowest BCUT2D eigenvalue weighted by molar-refractivity contribution is 0.625. The maximum absolute atomic E-state index is 13.1. The Morgan fingerprint density at radius 1 is 1.54 bits per heavy atom. The fraction of sp³-hybridized carbons (Fsp3) is 0.200. The van der Waals surface area contributed by atoms with Crippen molar-refractivity contribution in [2.24, 2.45) is 0 Å². The normalized spacial score (nSPS) is 11.0. The van der Waals surface area contributed by atoms with Gasteiger partial charge in [-0.1, -0.05) is 29.8 Å². The molecule has 0 spiro atoms. The minimum atomic E-state index is -0.292. The van der Waals surface area contributed by atoms with Gasteiger partial charge in [0, 0.05) is 12.1 Å². The van der Waals surface area contributed by atoms with E-state index >= 15 is 0 Å². The van der Waals surface area contributed by atoms with E-state index in [0.717, 1.165) is 0 Å². The van der Waals surface area contributed by atoms with Crippen molar-refractivity contribution in [3.05, 3.63) is 40.7 Å². The van der Waals surface area contributed by atoms with Crippen LogP contribution in [0.1, 0.15) is 5.56 Å². The van der Waals surface area contributed by atoms with Crippen molar-refractivity contribution in [1.82, 2.24) is 5.32 Å². The molecule has 0 aromatic heterocycles. The number of benzene rings is 1. The average Bonchev–Trinajstić information content (AvgIpc) is 2.10. The Bertz CT molecular complexity index is 290. The lowest BCUT2D eigenvalue weighted by Crippen LogP contribution is -2.03. The summed E-state index contributed by atoms with van der Waals surface area (Å²) in [5.41, 5.74) is 0.444. The molecule has 1 nitrogen and oxygen atoms in total. The third kappa shape index (κ3) is 2.83. The van der Waals surface area contributed by atoms with Gasteiger partial charge in [0.2, 0.25) is 0 Å². The lowest BCUT2D eigenvalue weighted by Gasteiger charge is -1.99. The number of halogens is 2. The first kappa shape index (κ1) is 10.2. The summed E-state index contributed by atoms with van der Waals surface area (Å²) in [4.78, 5) is 0. The summed E-state index contributed by atoms with van der Waals surface area (Å²) < 4.78 is 13.1. The van der Waals surface area contributed by atoms with E-state index in [1.54, 1.807) is 18.2 Å². The molecule has 1 aromatic rings. The van der Waals surface area contributed by atoms with Gasteiger partial charge in [0.25, 0.3) is 0 Å². The minimum Gasteiger partial charge on any atom is -0.316 e. The zero-order valence-corrected chi connectivity index (χ0v) is 8.11. The van der Waals surface area contributed by atoms with Crippen LogP contribution in [0, 0.1) is 5.82 Å². The molecule has 0 aliphatic carbocycles. The summed E-state index contributed by atoms with van der Waals surface area (Å²) in [6.45, 7) is 0.699. The van der Waals surface area contributed by atoms with Crippen LogP contribution in [-0.2, 0) is 0 Å². The van der Waals surface area contributed by atoms with E-state index < -0.39 is 0 Å². The van der Waals surface area contributed by atoms with E-state index in [1.165, 1.54) is 6.07 Å². The molecule has 3 heteroatoms. The SMILES string of the molecule is CNCC=Cc1c(F)cccc1Cl. The maximum atomic E-state index is 13.1. The van der Waals surface area contributed by atoms with E-state index in [1.807, 2.05) is 13.1 Å². The molecule has 0 saturated heterocycles. The monoisotopic (exact) mass is 199 g/mol. The van der Waals surface area contributed by atoms with Crippen molar-refractivity contribution < 1.29 is 4.39 Å². The second-order valence-electron chi connectivity index (χ2n) is 2.60. The molecule has 1 aromatic carbocycles. The maximum Gasteiger partial charge on any atom is 0.131 e. The van der Waals surface area contributed by atoms with Gasteiger partial charge in [0.1, 0.15) is 5.82 Å². The Labute approximate surface area is 82.2 Å². The standard InChI is InChI=1S/C10H11ClFN/c1-13-7-3-4-8-9(11)5-2-6-10(8)12/h2-6,13H,7H2,1H3. The zero-order valence-electron chi connectivity index (χ0n) is 7.35. The van der Waals surface area contributed by atoms with Crippen molar-refractivity contribution in [2.75, 3.05) is 13.6 Å². The van der Waals surface area contributed by atoms with Crippen LogP contribution in [0.4, 0.5) is 4.39 Å². The summed E-state index contributed by atoms with van der Waals surface area (Å²) >= 11 is 5.80. The van der Waals surface area contributed by atoms with Gasteiger partial charge < -0.3 is 5.32 Å². The number of rotatable bonds is 3. The van der Waals surface area contributed by atoms with Crippen LogP contribution >= 0.6 is 11.6 Å². The number of likely N-dealkylation sites (N-methyl/N-ethyl adjacent to an activating group) is 1. The Balaban J connectivity index is 2.87. The third-order valence-electron chi connectivity index (χ3n) is 1.61. The molecule has 1 rings (SSSR count). The van der Waals surface area contributed by atoms with Crippen molar-refractivity contribution in [3.63, 3.8) is 0 Å².